The van der Waals surface area contributed by atoms with Crippen LogP contribution >= 0.6 is 0 Å². The minimum atomic E-state index is -0.864. The molecule has 1 atom stereocenters. The molecule has 1 N–H and O–H groups in total. The zero-order valence-electron chi connectivity index (χ0n) is 13.9. The monoisotopic (exact) mass is 333 g/mol. The van der Waals surface area contributed by atoms with Crippen LogP contribution in [0.4, 0.5) is 0 Å². The molecule has 1 aliphatic carbocycles. The second-order valence-corrected chi connectivity index (χ2v) is 5.98. The van der Waals surface area contributed by atoms with Crippen LogP contribution in [0.3, 0.4) is 0 Å². The van der Waals surface area contributed by atoms with E-state index >= 15 is 0 Å². The first kappa shape index (κ1) is 17.9. The number of ether oxygens (including phenoxy) is 2. The first-order valence-corrected chi connectivity index (χ1v) is 8.21. The van der Waals surface area contributed by atoms with Gasteiger partial charge in [0.25, 0.3) is 0 Å². The normalized spacial score (nSPS) is 15.5. The van der Waals surface area contributed by atoms with Crippen LogP contribution in [0.25, 0.3) is 10.4 Å². The van der Waals surface area contributed by atoms with Crippen LogP contribution in [0.15, 0.2) is 23.3 Å². The Morgan fingerprint density at radius 1 is 1.42 bits per heavy atom. The Morgan fingerprint density at radius 3 is 2.79 bits per heavy atom. The molecule has 1 aliphatic rings. The van der Waals surface area contributed by atoms with Gasteiger partial charge in [-0.1, -0.05) is 11.2 Å². The highest BCUT2D eigenvalue weighted by Crippen LogP contribution is 2.35. The highest BCUT2D eigenvalue weighted by molar-refractivity contribution is 5.66. The topological polar surface area (TPSA) is 105 Å². The molecule has 7 nitrogen and oxygen atoms in total. The molecule has 0 aliphatic heterocycles. The van der Waals surface area contributed by atoms with Crippen LogP contribution in [0.5, 0.6) is 11.5 Å². The summed E-state index contributed by atoms with van der Waals surface area (Å²) in [7, 11) is 1.60. The molecule has 1 aromatic rings. The lowest BCUT2D eigenvalue weighted by Crippen LogP contribution is -2.12. The van der Waals surface area contributed by atoms with Crippen LogP contribution < -0.4 is 9.47 Å². The summed E-state index contributed by atoms with van der Waals surface area (Å²) in [6.07, 6.45) is 5.04. The number of azide groups is 1. The third kappa shape index (κ3) is 5.06. The number of carboxylic acid groups (broad SMARTS) is 1. The van der Waals surface area contributed by atoms with Crippen molar-refractivity contribution in [3.05, 3.63) is 34.2 Å². The van der Waals surface area contributed by atoms with Gasteiger partial charge in [0.05, 0.1) is 13.2 Å². The standard InChI is InChI=1S/C17H23N3O4/c1-23-15-8-6-12(10-16(15)24-14-4-2-3-5-14)13(11-19-20-18)7-9-17(21)22/h6,8,10,13-14H,2-5,7,9,11H2,1H3,(H,21,22). The third-order valence-electron chi connectivity index (χ3n) is 4.33. The van der Waals surface area contributed by atoms with Crippen molar-refractivity contribution in [2.75, 3.05) is 13.7 Å². The van der Waals surface area contributed by atoms with E-state index < -0.39 is 5.97 Å². The average molecular weight is 333 g/mol. The number of hydrogen-bond acceptors (Lipinski definition) is 4. The molecule has 1 aromatic carbocycles. The van der Waals surface area contributed by atoms with Gasteiger partial charge in [0, 0.05) is 17.9 Å². The molecule has 7 heteroatoms. The highest BCUT2D eigenvalue weighted by atomic mass is 16.5. The predicted molar refractivity (Wildman–Crippen MR) is 89.5 cm³/mol. The number of hydrogen-bond donors (Lipinski definition) is 1. The van der Waals surface area contributed by atoms with Crippen molar-refractivity contribution in [2.24, 2.45) is 5.11 Å². The zero-order valence-corrected chi connectivity index (χ0v) is 13.9. The first-order chi connectivity index (χ1) is 11.6. The molecule has 1 saturated carbocycles. The lowest BCUT2D eigenvalue weighted by atomic mass is 9.94. The van der Waals surface area contributed by atoms with E-state index in [0.29, 0.717) is 17.9 Å². The molecule has 0 heterocycles. The molecule has 0 spiro atoms. The second-order valence-electron chi connectivity index (χ2n) is 5.98. The van der Waals surface area contributed by atoms with Gasteiger partial charge in [0.15, 0.2) is 11.5 Å². The fraction of sp³-hybridized carbons (Fsp3) is 0.588. The molecule has 24 heavy (non-hydrogen) atoms. The van der Waals surface area contributed by atoms with Crippen LogP contribution in [-0.4, -0.2) is 30.8 Å². The van der Waals surface area contributed by atoms with Crippen molar-refractivity contribution in [3.8, 4) is 11.5 Å². The maximum Gasteiger partial charge on any atom is 0.303 e. The molecular weight excluding hydrogens is 310 g/mol. The number of benzene rings is 1. The Bertz CT molecular complexity index is 608. The Hall–Kier alpha value is -2.40. The van der Waals surface area contributed by atoms with Gasteiger partial charge < -0.3 is 14.6 Å². The van der Waals surface area contributed by atoms with Crippen LogP contribution in [0, 0.1) is 0 Å². The lowest BCUT2D eigenvalue weighted by Gasteiger charge is -2.19. The fourth-order valence-electron chi connectivity index (χ4n) is 3.02. The van der Waals surface area contributed by atoms with Crippen molar-refractivity contribution >= 4 is 5.97 Å². The molecule has 130 valence electrons. The van der Waals surface area contributed by atoms with E-state index in [1.165, 1.54) is 12.8 Å². The molecule has 1 unspecified atom stereocenters. The number of carboxylic acids is 1. The van der Waals surface area contributed by atoms with Crippen molar-refractivity contribution in [2.45, 2.75) is 50.5 Å². The van der Waals surface area contributed by atoms with E-state index in [9.17, 15) is 4.79 Å². The Labute approximate surface area is 141 Å². The Balaban J connectivity index is 2.21. The lowest BCUT2D eigenvalue weighted by molar-refractivity contribution is -0.137. The minimum absolute atomic E-state index is 0.0243. The van der Waals surface area contributed by atoms with Gasteiger partial charge in [-0.15, -0.1) is 0 Å². The van der Waals surface area contributed by atoms with Gasteiger partial charge in [0.1, 0.15) is 0 Å². The summed E-state index contributed by atoms with van der Waals surface area (Å²) in [6, 6.07) is 5.58. The number of aliphatic carboxylic acids is 1. The summed E-state index contributed by atoms with van der Waals surface area (Å²) >= 11 is 0. The maximum absolute atomic E-state index is 10.9. The van der Waals surface area contributed by atoms with Gasteiger partial charge in [-0.25, -0.2) is 0 Å². The van der Waals surface area contributed by atoms with E-state index in [2.05, 4.69) is 10.0 Å². The van der Waals surface area contributed by atoms with E-state index in [1.54, 1.807) is 7.11 Å². The molecule has 0 radical (unpaired) electrons. The molecule has 0 amide bonds. The number of nitrogens with zero attached hydrogens (tertiary/aromatic N) is 3. The van der Waals surface area contributed by atoms with Crippen molar-refractivity contribution in [1.29, 1.82) is 0 Å². The second kappa shape index (κ2) is 9.03. The summed E-state index contributed by atoms with van der Waals surface area (Å²) in [5.74, 6) is 0.306. The summed E-state index contributed by atoms with van der Waals surface area (Å²) < 4.78 is 11.4. The van der Waals surface area contributed by atoms with Gasteiger partial charge in [-0.05, 0) is 61.2 Å². The third-order valence-corrected chi connectivity index (χ3v) is 4.33. The smallest absolute Gasteiger partial charge is 0.303 e. The van der Waals surface area contributed by atoms with Gasteiger partial charge in [0.2, 0.25) is 0 Å². The quantitative estimate of drug-likeness (QED) is 0.414. The van der Waals surface area contributed by atoms with E-state index in [4.69, 9.17) is 20.1 Å². The summed E-state index contributed by atoms with van der Waals surface area (Å²) in [6.45, 7) is 0.221. The van der Waals surface area contributed by atoms with Crippen molar-refractivity contribution in [3.63, 3.8) is 0 Å². The van der Waals surface area contributed by atoms with Gasteiger partial charge >= 0.3 is 5.97 Å². The van der Waals surface area contributed by atoms with Crippen molar-refractivity contribution < 1.29 is 19.4 Å². The maximum atomic E-state index is 10.9. The Kier molecular flexibility index (Phi) is 6.75. The minimum Gasteiger partial charge on any atom is -0.493 e. The molecular formula is C17H23N3O4. The molecule has 0 bridgehead atoms. The number of rotatable bonds is 9. The average Bonchev–Trinajstić information content (AvgIpc) is 3.08. The molecule has 0 saturated heterocycles. The summed E-state index contributed by atoms with van der Waals surface area (Å²) in [5.41, 5.74) is 9.46. The SMILES string of the molecule is COc1ccc(C(CCC(=O)O)CN=[N+]=[N-])cc1OC1CCCC1. The van der Waals surface area contributed by atoms with Crippen LogP contribution in [0.2, 0.25) is 0 Å². The van der Waals surface area contributed by atoms with Gasteiger partial charge in [-0.2, -0.15) is 0 Å². The predicted octanol–water partition coefficient (Wildman–Crippen LogP) is 4.28. The van der Waals surface area contributed by atoms with E-state index in [-0.39, 0.29) is 25.0 Å². The molecule has 0 aromatic heterocycles. The van der Waals surface area contributed by atoms with E-state index in [1.807, 2.05) is 18.2 Å². The largest absolute Gasteiger partial charge is 0.493 e. The van der Waals surface area contributed by atoms with Crippen LogP contribution in [-0.2, 0) is 4.79 Å². The summed E-state index contributed by atoms with van der Waals surface area (Å²) in [5, 5.41) is 12.5. The van der Waals surface area contributed by atoms with Crippen molar-refractivity contribution in [1.82, 2.24) is 0 Å². The van der Waals surface area contributed by atoms with Crippen LogP contribution in [0.1, 0.15) is 50.0 Å². The van der Waals surface area contributed by atoms with E-state index in [0.717, 1.165) is 18.4 Å². The molecule has 1 fully saturated rings. The zero-order chi connectivity index (χ0) is 17.4. The highest BCUT2D eigenvalue weighted by Gasteiger charge is 2.20. The van der Waals surface area contributed by atoms with Gasteiger partial charge in [-0.3, -0.25) is 4.79 Å². The number of carbonyl (C=O) groups is 1. The molecule has 2 rings (SSSR count). The first-order valence-electron chi connectivity index (χ1n) is 8.21. The number of methoxy groups -OCH3 is 1. The fourth-order valence-corrected chi connectivity index (χ4v) is 3.02. The summed E-state index contributed by atoms with van der Waals surface area (Å²) in [4.78, 5) is 13.6. The Morgan fingerprint density at radius 2 is 2.17 bits per heavy atom.